The van der Waals surface area contributed by atoms with Crippen LogP contribution in [0.2, 0.25) is 0 Å². The normalized spacial score (nSPS) is 11.5. The van der Waals surface area contributed by atoms with Gasteiger partial charge >= 0.3 is 0 Å². The number of aromatic nitrogens is 2. The number of aryl methyl sites for hydroxylation is 3. The lowest BCUT2D eigenvalue weighted by Gasteiger charge is -2.31. The molecule has 1 aromatic heterocycles. The minimum absolute atomic E-state index is 0.0161. The molecule has 0 saturated heterocycles. The minimum Gasteiger partial charge on any atom is -0.497 e. The summed E-state index contributed by atoms with van der Waals surface area (Å²) in [6.45, 7) is 5.80. The summed E-state index contributed by atoms with van der Waals surface area (Å²) < 4.78 is 18.9. The summed E-state index contributed by atoms with van der Waals surface area (Å²) in [6, 6.07) is 21.3. The van der Waals surface area contributed by atoms with Gasteiger partial charge in [0.15, 0.2) is 5.16 Å². The van der Waals surface area contributed by atoms with E-state index in [0.29, 0.717) is 27.7 Å². The molecular formula is C31H31FN4O3S. The van der Waals surface area contributed by atoms with Crippen molar-refractivity contribution >= 4 is 29.3 Å². The van der Waals surface area contributed by atoms with Crippen molar-refractivity contribution in [3.63, 3.8) is 0 Å². The van der Waals surface area contributed by atoms with Crippen LogP contribution in [0.5, 0.6) is 5.75 Å². The lowest BCUT2D eigenvalue weighted by atomic mass is 10.0. The molecule has 1 heterocycles. The van der Waals surface area contributed by atoms with E-state index in [0.717, 1.165) is 17.0 Å². The first kappa shape index (κ1) is 28.8. The number of thioether (sulfide) groups is 1. The molecule has 0 spiro atoms. The fourth-order valence-corrected chi connectivity index (χ4v) is 5.02. The van der Waals surface area contributed by atoms with Crippen LogP contribution in [0.1, 0.15) is 34.1 Å². The highest BCUT2D eigenvalue weighted by Crippen LogP contribution is 2.28. The molecule has 0 saturated carbocycles. The fraction of sp³-hybridized carbons (Fsp3) is 0.226. The zero-order valence-electron chi connectivity index (χ0n) is 22.8. The average Bonchev–Trinajstić information content (AvgIpc) is 2.93. The van der Waals surface area contributed by atoms with Gasteiger partial charge in [0, 0.05) is 23.6 Å². The zero-order chi connectivity index (χ0) is 28.6. The molecule has 0 aliphatic carbocycles. The molecule has 1 atom stereocenters. The third-order valence-corrected chi connectivity index (χ3v) is 7.02. The van der Waals surface area contributed by atoms with Gasteiger partial charge in [0.1, 0.15) is 17.6 Å². The van der Waals surface area contributed by atoms with Gasteiger partial charge in [-0.2, -0.15) is 0 Å². The number of hydrogen-bond donors (Lipinski definition) is 1. The number of halogens is 1. The van der Waals surface area contributed by atoms with Crippen LogP contribution in [0.3, 0.4) is 0 Å². The summed E-state index contributed by atoms with van der Waals surface area (Å²) in [5.74, 6) is -0.365. The van der Waals surface area contributed by atoms with Gasteiger partial charge in [-0.05, 0) is 74.4 Å². The predicted molar refractivity (Wildman–Crippen MR) is 155 cm³/mol. The summed E-state index contributed by atoms with van der Waals surface area (Å²) >= 11 is 1.21. The number of benzene rings is 3. The van der Waals surface area contributed by atoms with Gasteiger partial charge in [0.2, 0.25) is 5.91 Å². The van der Waals surface area contributed by atoms with Crippen LogP contribution in [0.15, 0.2) is 84.0 Å². The van der Waals surface area contributed by atoms with Crippen LogP contribution in [0.4, 0.5) is 10.1 Å². The van der Waals surface area contributed by atoms with E-state index in [1.807, 2.05) is 51.1 Å². The topological polar surface area (TPSA) is 84.4 Å². The number of carbonyl (C=O) groups is 2. The smallest absolute Gasteiger partial charge is 0.251 e. The number of anilines is 1. The van der Waals surface area contributed by atoms with Crippen molar-refractivity contribution in [3.05, 3.63) is 113 Å². The fourth-order valence-electron chi connectivity index (χ4n) is 4.18. The minimum atomic E-state index is -0.957. The van der Waals surface area contributed by atoms with E-state index >= 15 is 0 Å². The van der Waals surface area contributed by atoms with Gasteiger partial charge in [-0.3, -0.25) is 9.59 Å². The second-order valence-corrected chi connectivity index (χ2v) is 10.3. The second kappa shape index (κ2) is 13.2. The third-order valence-electron chi connectivity index (χ3n) is 6.18. The number of nitrogens with one attached hydrogen (secondary N) is 1. The van der Waals surface area contributed by atoms with Crippen molar-refractivity contribution in [2.24, 2.45) is 0 Å². The zero-order valence-corrected chi connectivity index (χ0v) is 23.7. The maximum Gasteiger partial charge on any atom is 0.251 e. The molecule has 40 heavy (non-hydrogen) atoms. The number of rotatable bonds is 10. The van der Waals surface area contributed by atoms with E-state index in [-0.39, 0.29) is 29.9 Å². The van der Waals surface area contributed by atoms with Gasteiger partial charge in [0.25, 0.3) is 5.91 Å². The predicted octanol–water partition coefficient (Wildman–Crippen LogP) is 6.05. The summed E-state index contributed by atoms with van der Waals surface area (Å²) in [5, 5.41) is 3.43. The van der Waals surface area contributed by atoms with Gasteiger partial charge in [-0.25, -0.2) is 14.4 Å². The molecule has 9 heteroatoms. The molecule has 1 N–H and O–H groups in total. The van der Waals surface area contributed by atoms with Crippen LogP contribution < -0.4 is 10.1 Å². The quantitative estimate of drug-likeness (QED) is 0.188. The third kappa shape index (κ3) is 7.66. The summed E-state index contributed by atoms with van der Waals surface area (Å²) in [7, 11) is 1.57. The van der Waals surface area contributed by atoms with Crippen LogP contribution in [-0.4, -0.2) is 39.5 Å². The molecule has 4 aromatic rings. The molecule has 7 nitrogen and oxygen atoms in total. The molecular weight excluding hydrogens is 527 g/mol. The van der Waals surface area contributed by atoms with Crippen molar-refractivity contribution in [2.45, 2.75) is 38.5 Å². The Hall–Kier alpha value is -4.24. The summed E-state index contributed by atoms with van der Waals surface area (Å²) in [4.78, 5) is 38.1. The first-order valence-electron chi connectivity index (χ1n) is 12.7. The molecule has 2 amide bonds. The number of carbonyl (C=O) groups excluding carboxylic acids is 2. The van der Waals surface area contributed by atoms with Crippen LogP contribution in [-0.2, 0) is 16.1 Å². The van der Waals surface area contributed by atoms with Gasteiger partial charge in [0.05, 0.1) is 12.9 Å². The number of methoxy groups -OCH3 is 1. The Bertz CT molecular complexity index is 1440. The average molecular weight is 559 g/mol. The van der Waals surface area contributed by atoms with Gasteiger partial charge in [-0.1, -0.05) is 53.7 Å². The van der Waals surface area contributed by atoms with E-state index in [1.54, 1.807) is 43.5 Å². The maximum atomic E-state index is 13.9. The lowest BCUT2D eigenvalue weighted by Crippen LogP contribution is -2.41. The molecule has 0 bridgehead atoms. The Labute approximate surface area is 237 Å². The monoisotopic (exact) mass is 558 g/mol. The lowest BCUT2D eigenvalue weighted by molar-refractivity contribution is -0.137. The molecule has 4 rings (SSSR count). The Morgan fingerprint density at radius 2 is 1.55 bits per heavy atom. The molecule has 1 unspecified atom stereocenters. The van der Waals surface area contributed by atoms with Crippen molar-refractivity contribution in [1.82, 2.24) is 14.9 Å². The molecule has 0 aliphatic heterocycles. The van der Waals surface area contributed by atoms with Crippen LogP contribution >= 0.6 is 11.8 Å². The molecule has 0 radical (unpaired) electrons. The first-order valence-corrected chi connectivity index (χ1v) is 13.7. The van der Waals surface area contributed by atoms with E-state index in [9.17, 15) is 14.0 Å². The van der Waals surface area contributed by atoms with Gasteiger partial charge < -0.3 is 15.0 Å². The van der Waals surface area contributed by atoms with Crippen molar-refractivity contribution in [3.8, 4) is 5.75 Å². The van der Waals surface area contributed by atoms with Gasteiger partial charge in [-0.15, -0.1) is 0 Å². The highest BCUT2D eigenvalue weighted by molar-refractivity contribution is 7.99. The second-order valence-electron chi connectivity index (χ2n) is 9.40. The number of amides is 2. The van der Waals surface area contributed by atoms with E-state index in [1.165, 1.54) is 28.8 Å². The molecule has 0 aliphatic rings. The van der Waals surface area contributed by atoms with E-state index < -0.39 is 6.04 Å². The highest BCUT2D eigenvalue weighted by atomic mass is 32.2. The van der Waals surface area contributed by atoms with Crippen molar-refractivity contribution in [2.75, 3.05) is 18.2 Å². The maximum absolute atomic E-state index is 13.9. The SMILES string of the molecule is COc1ccc(NC(=O)C(c2ccc(C)cc2)N(Cc2ccc(F)cc2)C(=O)CSc2nc(C)cc(C)n2)cc1. The molecule has 0 fully saturated rings. The largest absolute Gasteiger partial charge is 0.497 e. The standard InChI is InChI=1S/C31H31FN4O3S/c1-20-5-9-24(10-6-20)29(30(38)35-26-13-15-27(39-4)16-14-26)36(18-23-7-11-25(32)12-8-23)28(37)19-40-31-33-21(2)17-22(3)34-31/h5-17,29H,18-19H2,1-4H3,(H,35,38). The molecule has 3 aromatic carbocycles. The number of nitrogens with zero attached hydrogens (tertiary/aromatic N) is 3. The van der Waals surface area contributed by atoms with E-state index in [4.69, 9.17) is 4.74 Å². The van der Waals surface area contributed by atoms with Crippen LogP contribution in [0.25, 0.3) is 0 Å². The number of ether oxygens (including phenoxy) is 1. The Morgan fingerprint density at radius 3 is 2.15 bits per heavy atom. The summed E-state index contributed by atoms with van der Waals surface area (Å²) in [6.07, 6.45) is 0. The summed E-state index contributed by atoms with van der Waals surface area (Å²) in [5.41, 5.74) is 4.55. The van der Waals surface area contributed by atoms with Crippen LogP contribution in [0, 0.1) is 26.6 Å². The molecule has 206 valence electrons. The Balaban J connectivity index is 1.69. The Morgan fingerprint density at radius 1 is 0.925 bits per heavy atom. The van der Waals surface area contributed by atoms with E-state index in [2.05, 4.69) is 15.3 Å². The van der Waals surface area contributed by atoms with Crippen molar-refractivity contribution < 1.29 is 18.7 Å². The Kier molecular flexibility index (Phi) is 9.50. The number of hydrogen-bond acceptors (Lipinski definition) is 6. The first-order chi connectivity index (χ1) is 19.2. The highest BCUT2D eigenvalue weighted by Gasteiger charge is 2.32. The van der Waals surface area contributed by atoms with Crippen molar-refractivity contribution in [1.29, 1.82) is 0 Å².